The Balaban J connectivity index is 1.98. The van der Waals surface area contributed by atoms with Gasteiger partial charge in [0.15, 0.2) is 4.80 Å². The Labute approximate surface area is 207 Å². The van der Waals surface area contributed by atoms with Crippen molar-refractivity contribution in [1.29, 1.82) is 0 Å². The number of phenolic OH excluding ortho intramolecular Hbond substituents is 1. The highest BCUT2D eigenvalue weighted by Gasteiger charge is 2.33. The third-order valence-corrected chi connectivity index (χ3v) is 6.79. The third-order valence-electron chi connectivity index (χ3n) is 5.05. The number of carbonyl (C=O) groups excluding carboxylic acids is 1. The van der Waals surface area contributed by atoms with E-state index in [2.05, 4.69) is 4.99 Å². The SMILES string of the molecule is CCOC(=O)C1=C(C)N=c2s/c(=C\c3cc(Cl)cc(Cl)c3O)c(=O)n2[C@H]1c1ccc(Cl)cc1. The fourth-order valence-electron chi connectivity index (χ4n) is 3.59. The Morgan fingerprint density at radius 2 is 1.91 bits per heavy atom. The Morgan fingerprint density at radius 1 is 1.21 bits per heavy atom. The molecule has 3 aromatic rings. The minimum absolute atomic E-state index is 0.0704. The lowest BCUT2D eigenvalue weighted by Gasteiger charge is -2.24. The molecule has 0 fully saturated rings. The van der Waals surface area contributed by atoms with Gasteiger partial charge in [0.2, 0.25) is 0 Å². The molecule has 0 radical (unpaired) electrons. The van der Waals surface area contributed by atoms with Crippen LogP contribution >= 0.6 is 46.1 Å². The summed E-state index contributed by atoms with van der Waals surface area (Å²) in [7, 11) is 0. The molecule has 0 unspecified atom stereocenters. The lowest BCUT2D eigenvalue weighted by Crippen LogP contribution is -2.39. The van der Waals surface area contributed by atoms with E-state index >= 15 is 0 Å². The summed E-state index contributed by atoms with van der Waals surface area (Å²) in [6.07, 6.45) is 1.50. The van der Waals surface area contributed by atoms with Crippen LogP contribution in [0.15, 0.2) is 57.5 Å². The van der Waals surface area contributed by atoms with Crippen LogP contribution in [0, 0.1) is 0 Å². The minimum atomic E-state index is -0.753. The van der Waals surface area contributed by atoms with Crippen LogP contribution in [-0.2, 0) is 9.53 Å². The maximum absolute atomic E-state index is 13.5. The molecule has 0 saturated carbocycles. The zero-order valence-corrected chi connectivity index (χ0v) is 20.5. The number of hydrogen-bond acceptors (Lipinski definition) is 6. The summed E-state index contributed by atoms with van der Waals surface area (Å²) in [5.41, 5.74) is 1.31. The average Bonchev–Trinajstić information content (AvgIpc) is 3.06. The first-order valence-electron chi connectivity index (χ1n) is 9.84. The van der Waals surface area contributed by atoms with Gasteiger partial charge in [-0.15, -0.1) is 0 Å². The Kier molecular flexibility index (Phi) is 6.68. The number of rotatable bonds is 4. The van der Waals surface area contributed by atoms with Crippen molar-refractivity contribution in [3.05, 3.63) is 93.6 Å². The normalized spacial score (nSPS) is 15.9. The van der Waals surface area contributed by atoms with Gasteiger partial charge in [0, 0.05) is 15.6 Å². The lowest BCUT2D eigenvalue weighted by atomic mass is 9.96. The highest BCUT2D eigenvalue weighted by molar-refractivity contribution is 7.07. The molecular formula is C23H17Cl3N2O4S. The van der Waals surface area contributed by atoms with Crippen LogP contribution in [0.5, 0.6) is 5.75 Å². The molecule has 0 bridgehead atoms. The maximum atomic E-state index is 13.5. The number of benzene rings is 2. The summed E-state index contributed by atoms with van der Waals surface area (Å²) < 4.78 is 7.00. The maximum Gasteiger partial charge on any atom is 0.338 e. The predicted molar refractivity (Wildman–Crippen MR) is 130 cm³/mol. The molecular weight excluding hydrogens is 507 g/mol. The lowest BCUT2D eigenvalue weighted by molar-refractivity contribution is -0.139. The van der Waals surface area contributed by atoms with E-state index in [1.807, 2.05) is 0 Å². The summed E-state index contributed by atoms with van der Waals surface area (Å²) in [4.78, 5) is 31.3. The monoisotopic (exact) mass is 522 g/mol. The smallest absolute Gasteiger partial charge is 0.338 e. The number of phenols is 1. The first-order chi connectivity index (χ1) is 15.7. The van der Waals surface area contributed by atoms with Gasteiger partial charge in [-0.2, -0.15) is 0 Å². The van der Waals surface area contributed by atoms with Crippen LogP contribution in [0.4, 0.5) is 0 Å². The van der Waals surface area contributed by atoms with E-state index in [0.717, 1.165) is 11.3 Å². The summed E-state index contributed by atoms with van der Waals surface area (Å²) in [5, 5.41) is 11.2. The highest BCUT2D eigenvalue weighted by atomic mass is 35.5. The van der Waals surface area contributed by atoms with E-state index < -0.39 is 12.0 Å². The van der Waals surface area contributed by atoms with Crippen molar-refractivity contribution in [2.75, 3.05) is 6.61 Å². The van der Waals surface area contributed by atoms with E-state index in [0.29, 0.717) is 36.2 Å². The van der Waals surface area contributed by atoms with Crippen molar-refractivity contribution in [3.63, 3.8) is 0 Å². The molecule has 1 aliphatic rings. The molecule has 4 rings (SSSR count). The van der Waals surface area contributed by atoms with Crippen molar-refractivity contribution >= 4 is 58.2 Å². The average molecular weight is 524 g/mol. The van der Waals surface area contributed by atoms with Gasteiger partial charge in [0.1, 0.15) is 5.75 Å². The molecule has 2 aromatic carbocycles. The van der Waals surface area contributed by atoms with Crippen molar-refractivity contribution in [2.24, 2.45) is 4.99 Å². The van der Waals surface area contributed by atoms with Gasteiger partial charge in [-0.05, 0) is 49.8 Å². The number of aromatic nitrogens is 1. The van der Waals surface area contributed by atoms with Crippen molar-refractivity contribution < 1.29 is 14.6 Å². The van der Waals surface area contributed by atoms with Gasteiger partial charge in [-0.1, -0.05) is 58.3 Å². The van der Waals surface area contributed by atoms with Gasteiger partial charge >= 0.3 is 5.97 Å². The standard InChI is InChI=1S/C23H17Cl3N2O4S/c1-3-32-22(31)18-11(2)27-23-28(19(18)12-4-6-14(24)7-5-12)21(30)17(33-23)9-13-8-15(25)10-16(26)20(13)29/h4-10,19,29H,3H2,1-2H3/b17-9-/t19-/m0/s1. The van der Waals surface area contributed by atoms with Crippen LogP contribution < -0.4 is 14.9 Å². The quantitative estimate of drug-likeness (QED) is 0.512. The molecule has 0 saturated heterocycles. The van der Waals surface area contributed by atoms with E-state index in [1.165, 1.54) is 22.8 Å². The van der Waals surface area contributed by atoms with Gasteiger partial charge in [-0.3, -0.25) is 9.36 Å². The molecule has 10 heteroatoms. The highest BCUT2D eigenvalue weighted by Crippen LogP contribution is 2.33. The fourth-order valence-corrected chi connectivity index (χ4v) is 5.26. The molecule has 0 aliphatic carbocycles. The van der Waals surface area contributed by atoms with E-state index in [1.54, 1.807) is 38.1 Å². The summed E-state index contributed by atoms with van der Waals surface area (Å²) in [6, 6.07) is 9.05. The molecule has 6 nitrogen and oxygen atoms in total. The van der Waals surface area contributed by atoms with Gasteiger partial charge in [0.05, 0.1) is 33.5 Å². The zero-order chi connectivity index (χ0) is 23.9. The van der Waals surface area contributed by atoms with Gasteiger partial charge < -0.3 is 9.84 Å². The number of ether oxygens (including phenoxy) is 1. The van der Waals surface area contributed by atoms with Gasteiger partial charge in [0.25, 0.3) is 5.56 Å². The number of esters is 1. The summed E-state index contributed by atoms with van der Waals surface area (Å²) >= 11 is 19.3. The van der Waals surface area contributed by atoms with E-state index in [9.17, 15) is 14.7 Å². The minimum Gasteiger partial charge on any atom is -0.506 e. The molecule has 1 aliphatic heterocycles. The third kappa shape index (κ3) is 4.46. The number of fused-ring (bicyclic) bond motifs is 1. The molecule has 0 amide bonds. The predicted octanol–water partition coefficient (Wildman–Crippen LogP) is 4.46. The molecule has 1 atom stereocenters. The largest absolute Gasteiger partial charge is 0.506 e. The second-order valence-electron chi connectivity index (χ2n) is 7.18. The number of aromatic hydroxyl groups is 1. The topological polar surface area (TPSA) is 80.9 Å². The van der Waals surface area contributed by atoms with E-state index in [-0.39, 0.29) is 28.5 Å². The van der Waals surface area contributed by atoms with Crippen molar-refractivity contribution in [2.45, 2.75) is 19.9 Å². The van der Waals surface area contributed by atoms with E-state index in [4.69, 9.17) is 39.5 Å². The number of nitrogens with zero attached hydrogens (tertiary/aromatic N) is 2. The number of halogens is 3. The fraction of sp³-hybridized carbons (Fsp3) is 0.174. The second-order valence-corrected chi connectivity index (χ2v) is 9.47. The number of hydrogen-bond donors (Lipinski definition) is 1. The molecule has 2 heterocycles. The van der Waals surface area contributed by atoms with Crippen LogP contribution in [0.1, 0.15) is 31.0 Å². The Morgan fingerprint density at radius 3 is 2.58 bits per heavy atom. The van der Waals surface area contributed by atoms with Crippen LogP contribution in [0.25, 0.3) is 6.08 Å². The molecule has 1 N–H and O–H groups in total. The zero-order valence-electron chi connectivity index (χ0n) is 17.4. The molecule has 0 spiro atoms. The number of allylic oxidation sites excluding steroid dienone is 1. The Hall–Kier alpha value is -2.58. The van der Waals surface area contributed by atoms with Crippen LogP contribution in [0.3, 0.4) is 0 Å². The van der Waals surface area contributed by atoms with Crippen LogP contribution in [0.2, 0.25) is 15.1 Å². The summed E-state index contributed by atoms with van der Waals surface area (Å²) in [5.74, 6) is -0.739. The Bertz CT molecular complexity index is 1470. The first kappa shape index (κ1) is 23.6. The second kappa shape index (κ2) is 9.35. The van der Waals surface area contributed by atoms with Gasteiger partial charge in [-0.25, -0.2) is 9.79 Å². The number of carbonyl (C=O) groups is 1. The number of thiazole rings is 1. The first-order valence-corrected chi connectivity index (χ1v) is 11.8. The van der Waals surface area contributed by atoms with Crippen molar-refractivity contribution in [1.82, 2.24) is 4.57 Å². The summed E-state index contributed by atoms with van der Waals surface area (Å²) in [6.45, 7) is 3.60. The molecule has 1 aromatic heterocycles. The molecule has 33 heavy (non-hydrogen) atoms. The molecule has 170 valence electrons. The van der Waals surface area contributed by atoms with Crippen LogP contribution in [-0.4, -0.2) is 22.2 Å². The van der Waals surface area contributed by atoms with Crippen molar-refractivity contribution in [3.8, 4) is 5.75 Å².